The summed E-state index contributed by atoms with van der Waals surface area (Å²) in [5, 5.41) is 6.96. The predicted molar refractivity (Wildman–Crippen MR) is 33.1 cm³/mol. The first kappa shape index (κ1) is 8.39. The summed E-state index contributed by atoms with van der Waals surface area (Å²) in [6.45, 7) is 0. The van der Waals surface area contributed by atoms with Gasteiger partial charge in [-0.15, -0.1) is 0 Å². The fourth-order valence-electron chi connectivity index (χ4n) is 0.529. The first-order valence-corrected chi connectivity index (χ1v) is 2.37. The molecule has 0 aliphatic carbocycles. The third-order valence-electron chi connectivity index (χ3n) is 0.867. The van der Waals surface area contributed by atoms with Crippen molar-refractivity contribution < 1.29 is 16.8 Å². The second-order valence-corrected chi connectivity index (χ2v) is 1.59. The van der Waals surface area contributed by atoms with Crippen LogP contribution in [0.4, 0.5) is 0 Å². The minimum absolute atomic E-state index is 0. The summed E-state index contributed by atoms with van der Waals surface area (Å²) in [6.07, 6.45) is 4.14. The normalized spacial score (nSPS) is 16.4. The maximum atomic E-state index is 6.96. The SMILES string of the molecule is N=C1C=CCC(N)=N1.[Co+2]. The number of nitrogens with one attached hydrogen (secondary N) is 1. The molecule has 1 heterocycles. The van der Waals surface area contributed by atoms with Crippen LogP contribution >= 0.6 is 0 Å². The molecule has 49 valence electrons. The van der Waals surface area contributed by atoms with Crippen LogP contribution in [-0.2, 0) is 16.8 Å². The van der Waals surface area contributed by atoms with Gasteiger partial charge in [-0.2, -0.15) is 0 Å². The van der Waals surface area contributed by atoms with Gasteiger partial charge in [-0.05, 0) is 6.08 Å². The molecule has 0 fully saturated rings. The summed E-state index contributed by atoms with van der Waals surface area (Å²) in [4.78, 5) is 3.67. The van der Waals surface area contributed by atoms with Crippen LogP contribution in [0.25, 0.3) is 0 Å². The Balaban J connectivity index is 0.000000640. The maximum Gasteiger partial charge on any atom is 2.00 e. The van der Waals surface area contributed by atoms with Crippen LogP contribution in [-0.4, -0.2) is 11.7 Å². The number of dihydropyridines is 1. The molecule has 1 radical (unpaired) electrons. The summed E-state index contributed by atoms with van der Waals surface area (Å²) < 4.78 is 0. The molecule has 0 bridgehead atoms. The summed E-state index contributed by atoms with van der Waals surface area (Å²) in [5.41, 5.74) is 5.28. The van der Waals surface area contributed by atoms with Gasteiger partial charge in [-0.3, -0.25) is 5.41 Å². The van der Waals surface area contributed by atoms with Crippen LogP contribution in [0, 0.1) is 5.41 Å². The van der Waals surface area contributed by atoms with E-state index < -0.39 is 0 Å². The van der Waals surface area contributed by atoms with Crippen molar-refractivity contribution in [1.82, 2.24) is 0 Å². The molecule has 0 atom stereocenters. The predicted octanol–water partition coefficient (Wildman–Crippen LogP) is 0.278. The Morgan fingerprint density at radius 3 is 2.67 bits per heavy atom. The topological polar surface area (TPSA) is 62.2 Å². The molecule has 0 spiro atoms. The second-order valence-electron chi connectivity index (χ2n) is 1.59. The average Bonchev–Trinajstić information content (AvgIpc) is 1.64. The van der Waals surface area contributed by atoms with E-state index in [-0.39, 0.29) is 22.6 Å². The number of nitrogens with two attached hydrogens (primary N) is 1. The molecule has 1 aliphatic heterocycles. The van der Waals surface area contributed by atoms with E-state index in [1.54, 1.807) is 6.08 Å². The number of hydrogen-bond donors (Lipinski definition) is 2. The molecule has 0 aromatic rings. The molecule has 0 amide bonds. The van der Waals surface area contributed by atoms with E-state index in [2.05, 4.69) is 4.99 Å². The van der Waals surface area contributed by atoms with Crippen LogP contribution in [0.15, 0.2) is 17.1 Å². The van der Waals surface area contributed by atoms with Crippen LogP contribution in [0.3, 0.4) is 0 Å². The van der Waals surface area contributed by atoms with Crippen LogP contribution in [0.1, 0.15) is 6.42 Å². The third kappa shape index (κ3) is 2.43. The largest absolute Gasteiger partial charge is 2.00 e. The molecular formula is C5H7CoN3+2. The van der Waals surface area contributed by atoms with Gasteiger partial charge in [0.1, 0.15) is 11.7 Å². The molecule has 9 heavy (non-hydrogen) atoms. The third-order valence-corrected chi connectivity index (χ3v) is 0.867. The summed E-state index contributed by atoms with van der Waals surface area (Å²) >= 11 is 0. The summed E-state index contributed by atoms with van der Waals surface area (Å²) in [5.74, 6) is 0.770. The van der Waals surface area contributed by atoms with E-state index in [1.165, 1.54) is 0 Å². The Bertz CT molecular complexity index is 171. The number of nitrogens with zero attached hydrogens (tertiary/aromatic N) is 1. The minimum Gasteiger partial charge on any atom is -0.387 e. The fraction of sp³-hybridized carbons (Fsp3) is 0.200. The molecule has 3 N–H and O–H groups in total. The van der Waals surface area contributed by atoms with Gasteiger partial charge in [0.15, 0.2) is 0 Å². The zero-order chi connectivity index (χ0) is 5.98. The number of rotatable bonds is 0. The van der Waals surface area contributed by atoms with Gasteiger partial charge >= 0.3 is 16.8 Å². The van der Waals surface area contributed by atoms with Crippen molar-refractivity contribution in [3.63, 3.8) is 0 Å². The summed E-state index contributed by atoms with van der Waals surface area (Å²) in [7, 11) is 0. The zero-order valence-electron chi connectivity index (χ0n) is 4.72. The molecule has 1 aliphatic rings. The van der Waals surface area contributed by atoms with E-state index >= 15 is 0 Å². The van der Waals surface area contributed by atoms with Crippen LogP contribution < -0.4 is 5.73 Å². The van der Waals surface area contributed by atoms with Crippen LogP contribution in [0.2, 0.25) is 0 Å². The Labute approximate surface area is 63.7 Å². The first-order chi connectivity index (χ1) is 3.79. The van der Waals surface area contributed by atoms with E-state index in [4.69, 9.17) is 11.1 Å². The molecule has 0 saturated carbocycles. The van der Waals surface area contributed by atoms with Gasteiger partial charge in [0, 0.05) is 6.42 Å². The quantitative estimate of drug-likeness (QED) is 0.536. The van der Waals surface area contributed by atoms with Gasteiger partial charge in [0.2, 0.25) is 0 Å². The van der Waals surface area contributed by atoms with Crippen molar-refractivity contribution in [3.8, 4) is 0 Å². The van der Waals surface area contributed by atoms with E-state index in [9.17, 15) is 0 Å². The Hall–Kier alpha value is -0.614. The van der Waals surface area contributed by atoms with Gasteiger partial charge in [0.25, 0.3) is 0 Å². The van der Waals surface area contributed by atoms with E-state index in [0.29, 0.717) is 12.3 Å². The molecule has 0 saturated heterocycles. The molecule has 3 nitrogen and oxygen atoms in total. The number of amidine groups is 2. The van der Waals surface area contributed by atoms with Crippen molar-refractivity contribution in [1.29, 1.82) is 5.41 Å². The minimum atomic E-state index is 0. The van der Waals surface area contributed by atoms with E-state index in [0.717, 1.165) is 0 Å². The van der Waals surface area contributed by atoms with Crippen molar-refractivity contribution in [2.75, 3.05) is 0 Å². The molecule has 0 aromatic carbocycles. The molecule has 0 unspecified atom stereocenters. The number of hydrogen-bond acceptors (Lipinski definition) is 2. The van der Waals surface area contributed by atoms with E-state index in [1.807, 2.05) is 6.08 Å². The van der Waals surface area contributed by atoms with Crippen molar-refractivity contribution in [3.05, 3.63) is 12.2 Å². The standard InChI is InChI=1S/C5H7N3.Co/c6-4-2-1-3-5(7)8-4;/h1-2H,3H2,(H3,6,7,8);/q;+2. The molecular weight excluding hydrogens is 161 g/mol. The first-order valence-electron chi connectivity index (χ1n) is 2.37. The Kier molecular flexibility index (Phi) is 3.19. The monoisotopic (exact) mass is 168 g/mol. The second kappa shape index (κ2) is 3.42. The van der Waals surface area contributed by atoms with Gasteiger partial charge in [0.05, 0.1) is 0 Å². The average molecular weight is 168 g/mol. The smallest absolute Gasteiger partial charge is 0.387 e. The van der Waals surface area contributed by atoms with Crippen molar-refractivity contribution in [2.24, 2.45) is 10.7 Å². The maximum absolute atomic E-state index is 6.96. The zero-order valence-corrected chi connectivity index (χ0v) is 5.76. The fourth-order valence-corrected chi connectivity index (χ4v) is 0.529. The van der Waals surface area contributed by atoms with Gasteiger partial charge in [-0.1, -0.05) is 6.08 Å². The van der Waals surface area contributed by atoms with Gasteiger partial charge < -0.3 is 5.73 Å². The summed E-state index contributed by atoms with van der Waals surface area (Å²) in [6, 6.07) is 0. The molecule has 0 aromatic heterocycles. The van der Waals surface area contributed by atoms with Crippen molar-refractivity contribution in [2.45, 2.75) is 6.42 Å². The Morgan fingerprint density at radius 2 is 2.33 bits per heavy atom. The van der Waals surface area contributed by atoms with Crippen molar-refractivity contribution >= 4 is 11.7 Å². The molecule has 1 rings (SSSR count). The van der Waals surface area contributed by atoms with Gasteiger partial charge in [-0.25, -0.2) is 4.99 Å². The Morgan fingerprint density at radius 1 is 1.67 bits per heavy atom. The van der Waals surface area contributed by atoms with Crippen LogP contribution in [0.5, 0.6) is 0 Å². The number of aliphatic imine (C=N–C) groups is 1. The molecule has 4 heteroatoms.